The zero-order valence-electron chi connectivity index (χ0n) is 15.0. The van der Waals surface area contributed by atoms with Crippen molar-refractivity contribution >= 4 is 22.6 Å². The molecule has 0 spiro atoms. The quantitative estimate of drug-likeness (QED) is 0.742. The molecular weight excluding hydrogens is 328 g/mol. The minimum atomic E-state index is -0.256. The molecule has 0 aliphatic heterocycles. The van der Waals surface area contributed by atoms with Gasteiger partial charge >= 0.3 is 0 Å². The van der Waals surface area contributed by atoms with Gasteiger partial charge in [-0.15, -0.1) is 0 Å². The lowest BCUT2D eigenvalue weighted by molar-refractivity contribution is 0.102. The van der Waals surface area contributed by atoms with Gasteiger partial charge in [-0.1, -0.05) is 20.8 Å². The van der Waals surface area contributed by atoms with E-state index in [1.54, 1.807) is 42.7 Å². The van der Waals surface area contributed by atoms with Crippen molar-refractivity contribution in [2.75, 3.05) is 11.9 Å². The fourth-order valence-electron chi connectivity index (χ4n) is 2.40. The second kappa shape index (κ2) is 6.89. The highest BCUT2D eigenvalue weighted by Crippen LogP contribution is 2.25. The van der Waals surface area contributed by atoms with Gasteiger partial charge in [0, 0.05) is 11.3 Å². The summed E-state index contributed by atoms with van der Waals surface area (Å²) in [7, 11) is 0. The summed E-state index contributed by atoms with van der Waals surface area (Å²) in [6.07, 6.45) is 1.59. The summed E-state index contributed by atoms with van der Waals surface area (Å²) in [6, 6.07) is 12.4. The van der Waals surface area contributed by atoms with Gasteiger partial charge < -0.3 is 15.0 Å². The van der Waals surface area contributed by atoms with Crippen molar-refractivity contribution in [3.8, 4) is 11.8 Å². The summed E-state index contributed by atoms with van der Waals surface area (Å²) >= 11 is 0. The van der Waals surface area contributed by atoms with Crippen molar-refractivity contribution in [3.63, 3.8) is 0 Å². The number of nitrogens with zero attached hydrogens (tertiary/aromatic N) is 2. The number of hydrogen-bond acceptors (Lipinski definition) is 4. The van der Waals surface area contributed by atoms with Crippen LogP contribution < -0.4 is 10.1 Å². The number of nitrogens with one attached hydrogen (secondary N) is 2. The van der Waals surface area contributed by atoms with E-state index in [-0.39, 0.29) is 11.3 Å². The van der Waals surface area contributed by atoms with Crippen molar-refractivity contribution < 1.29 is 9.53 Å². The monoisotopic (exact) mass is 348 g/mol. The molecule has 0 atom stereocenters. The van der Waals surface area contributed by atoms with Gasteiger partial charge in [-0.05, 0) is 41.8 Å². The third kappa shape index (κ3) is 4.01. The molecule has 2 aromatic carbocycles. The Kier molecular flexibility index (Phi) is 4.63. The van der Waals surface area contributed by atoms with Crippen molar-refractivity contribution in [2.24, 2.45) is 5.41 Å². The van der Waals surface area contributed by atoms with E-state index in [1.807, 2.05) is 0 Å². The fraction of sp³-hybridized carbons (Fsp3) is 0.250. The van der Waals surface area contributed by atoms with Crippen LogP contribution in [0.25, 0.3) is 11.0 Å². The van der Waals surface area contributed by atoms with Crippen LogP contribution in [0.3, 0.4) is 0 Å². The Morgan fingerprint density at radius 3 is 2.81 bits per heavy atom. The highest BCUT2D eigenvalue weighted by atomic mass is 16.5. The van der Waals surface area contributed by atoms with E-state index in [4.69, 9.17) is 4.74 Å². The van der Waals surface area contributed by atoms with Gasteiger partial charge in [0.1, 0.15) is 11.8 Å². The number of rotatable bonds is 4. The molecule has 26 heavy (non-hydrogen) atoms. The number of anilines is 1. The second-order valence-electron chi connectivity index (χ2n) is 7.26. The lowest BCUT2D eigenvalue weighted by Gasteiger charge is -2.19. The third-order valence-electron chi connectivity index (χ3n) is 3.70. The summed E-state index contributed by atoms with van der Waals surface area (Å²) in [4.78, 5) is 19.6. The lowest BCUT2D eigenvalue weighted by Crippen LogP contribution is -2.17. The molecule has 0 unspecified atom stereocenters. The van der Waals surface area contributed by atoms with Crippen LogP contribution >= 0.6 is 0 Å². The van der Waals surface area contributed by atoms with Crippen LogP contribution in [0.15, 0.2) is 42.7 Å². The summed E-state index contributed by atoms with van der Waals surface area (Å²) in [5, 5.41) is 12.2. The van der Waals surface area contributed by atoms with E-state index in [9.17, 15) is 10.1 Å². The van der Waals surface area contributed by atoms with Crippen molar-refractivity contribution in [2.45, 2.75) is 20.8 Å². The van der Waals surface area contributed by atoms with Gasteiger partial charge in [-0.2, -0.15) is 5.26 Å². The summed E-state index contributed by atoms with van der Waals surface area (Å²) in [5.41, 5.74) is 3.02. The van der Waals surface area contributed by atoms with Crippen molar-refractivity contribution in [3.05, 3.63) is 53.9 Å². The zero-order valence-corrected chi connectivity index (χ0v) is 15.0. The van der Waals surface area contributed by atoms with Crippen LogP contribution in [0.1, 0.15) is 36.7 Å². The number of hydrogen-bond donors (Lipinski definition) is 2. The first-order valence-corrected chi connectivity index (χ1v) is 8.27. The van der Waals surface area contributed by atoms with E-state index in [2.05, 4.69) is 42.1 Å². The number of H-pyrrole nitrogens is 1. The fourth-order valence-corrected chi connectivity index (χ4v) is 2.40. The molecule has 0 saturated carbocycles. The molecule has 6 nitrogen and oxygen atoms in total. The Morgan fingerprint density at radius 1 is 1.27 bits per heavy atom. The number of aromatic amines is 1. The van der Waals surface area contributed by atoms with E-state index in [0.717, 1.165) is 11.0 Å². The molecule has 1 aromatic heterocycles. The number of amides is 1. The number of benzene rings is 2. The first kappa shape index (κ1) is 17.5. The van der Waals surface area contributed by atoms with Gasteiger partial charge in [0.15, 0.2) is 0 Å². The molecule has 1 heterocycles. The Morgan fingerprint density at radius 2 is 2.08 bits per heavy atom. The molecule has 0 aliphatic rings. The smallest absolute Gasteiger partial charge is 0.255 e. The van der Waals surface area contributed by atoms with Crippen LogP contribution in [0.4, 0.5) is 5.69 Å². The molecule has 1 amide bonds. The molecule has 0 fully saturated rings. The largest absolute Gasteiger partial charge is 0.492 e. The zero-order chi connectivity index (χ0) is 18.7. The van der Waals surface area contributed by atoms with Crippen LogP contribution in [0, 0.1) is 16.7 Å². The highest BCUT2D eigenvalue weighted by molar-refractivity contribution is 6.06. The van der Waals surface area contributed by atoms with Crippen LogP contribution in [0.5, 0.6) is 5.75 Å². The molecule has 0 aliphatic carbocycles. The minimum Gasteiger partial charge on any atom is -0.492 e. The van der Waals surface area contributed by atoms with E-state index < -0.39 is 0 Å². The molecular formula is C20H20N4O2. The number of nitriles is 1. The number of fused-ring (bicyclic) bond motifs is 1. The van der Waals surface area contributed by atoms with E-state index in [1.165, 1.54) is 0 Å². The summed E-state index contributed by atoms with van der Waals surface area (Å²) < 4.78 is 5.73. The maximum Gasteiger partial charge on any atom is 0.255 e. The molecule has 132 valence electrons. The maximum absolute atomic E-state index is 12.5. The number of aromatic nitrogens is 2. The van der Waals surface area contributed by atoms with Gasteiger partial charge in [-0.3, -0.25) is 4.79 Å². The lowest BCUT2D eigenvalue weighted by atomic mass is 9.98. The standard InChI is InChI=1S/C20H20N4O2/c1-20(2,3)11-26-18-7-5-15(8-14(18)10-21)24-19(25)13-4-6-16-17(9-13)23-12-22-16/h4-9,12H,11H2,1-3H3,(H,22,23)(H,24,25). The van der Waals surface area contributed by atoms with Crippen LogP contribution in [0.2, 0.25) is 0 Å². The average Bonchev–Trinajstić information content (AvgIpc) is 3.07. The van der Waals surface area contributed by atoms with Gasteiger partial charge in [-0.25, -0.2) is 4.98 Å². The molecule has 0 bridgehead atoms. The number of carbonyl (C=O) groups is 1. The predicted octanol–water partition coefficient (Wildman–Crippen LogP) is 4.11. The third-order valence-corrected chi connectivity index (χ3v) is 3.70. The van der Waals surface area contributed by atoms with E-state index >= 15 is 0 Å². The second-order valence-corrected chi connectivity index (χ2v) is 7.26. The first-order valence-electron chi connectivity index (χ1n) is 8.27. The molecule has 6 heteroatoms. The normalized spacial score (nSPS) is 11.2. The molecule has 0 saturated heterocycles. The highest BCUT2D eigenvalue weighted by Gasteiger charge is 2.14. The topological polar surface area (TPSA) is 90.8 Å². The molecule has 3 rings (SSSR count). The Hall–Kier alpha value is -3.33. The molecule has 2 N–H and O–H groups in total. The Balaban J connectivity index is 1.76. The number of carbonyl (C=O) groups excluding carboxylic acids is 1. The van der Waals surface area contributed by atoms with Crippen LogP contribution in [-0.2, 0) is 0 Å². The van der Waals surface area contributed by atoms with Crippen LogP contribution in [-0.4, -0.2) is 22.5 Å². The van der Waals surface area contributed by atoms with Gasteiger partial charge in [0.25, 0.3) is 5.91 Å². The minimum absolute atomic E-state index is 0.00900. The summed E-state index contributed by atoms with van der Waals surface area (Å²) in [5.74, 6) is 0.257. The van der Waals surface area contributed by atoms with Crippen molar-refractivity contribution in [1.29, 1.82) is 5.26 Å². The predicted molar refractivity (Wildman–Crippen MR) is 100 cm³/mol. The molecule has 3 aromatic rings. The SMILES string of the molecule is CC(C)(C)COc1ccc(NC(=O)c2ccc3nc[nH]c3c2)cc1C#N. The average molecular weight is 348 g/mol. The van der Waals surface area contributed by atoms with Crippen molar-refractivity contribution in [1.82, 2.24) is 9.97 Å². The Labute approximate surface area is 151 Å². The summed E-state index contributed by atoms with van der Waals surface area (Å²) in [6.45, 7) is 6.68. The van der Waals surface area contributed by atoms with Gasteiger partial charge in [0.05, 0.1) is 29.5 Å². The number of ether oxygens (including phenoxy) is 1. The van der Waals surface area contributed by atoms with Gasteiger partial charge in [0.2, 0.25) is 0 Å². The maximum atomic E-state index is 12.5. The number of imidazole rings is 1. The first-order chi connectivity index (χ1) is 12.4. The van der Waals surface area contributed by atoms with E-state index in [0.29, 0.717) is 29.2 Å². The molecule has 0 radical (unpaired) electrons. The Bertz CT molecular complexity index is 993.